The number of nitrogens with two attached hydrogens (primary N) is 2. The predicted molar refractivity (Wildman–Crippen MR) is 117 cm³/mol. The van der Waals surface area contributed by atoms with Gasteiger partial charge in [0.25, 0.3) is 0 Å². The molecule has 2 aromatic carbocycles. The molecule has 0 saturated heterocycles. The van der Waals surface area contributed by atoms with Crippen molar-refractivity contribution < 1.29 is 9.47 Å². The molecule has 0 unspecified atom stereocenters. The van der Waals surface area contributed by atoms with Crippen molar-refractivity contribution in [1.82, 2.24) is 9.97 Å². The Bertz CT molecular complexity index is 988. The van der Waals surface area contributed by atoms with Gasteiger partial charge in [-0.3, -0.25) is 0 Å². The highest BCUT2D eigenvalue weighted by molar-refractivity contribution is 5.54. The molecule has 0 bridgehead atoms. The Morgan fingerprint density at radius 1 is 0.897 bits per heavy atom. The van der Waals surface area contributed by atoms with E-state index in [2.05, 4.69) is 35.9 Å². The zero-order valence-corrected chi connectivity index (χ0v) is 17.4. The van der Waals surface area contributed by atoms with Gasteiger partial charge < -0.3 is 20.9 Å². The first kappa shape index (κ1) is 20.5. The highest BCUT2D eigenvalue weighted by Crippen LogP contribution is 2.36. The van der Waals surface area contributed by atoms with E-state index in [-0.39, 0.29) is 5.95 Å². The van der Waals surface area contributed by atoms with Crippen molar-refractivity contribution >= 4 is 11.8 Å². The van der Waals surface area contributed by atoms with E-state index in [9.17, 15) is 0 Å². The summed E-state index contributed by atoms with van der Waals surface area (Å²) in [6, 6.07) is 14.2. The van der Waals surface area contributed by atoms with Crippen molar-refractivity contribution in [2.45, 2.75) is 32.6 Å². The third-order valence-electron chi connectivity index (χ3n) is 4.99. The van der Waals surface area contributed by atoms with E-state index in [4.69, 9.17) is 20.9 Å². The topological polar surface area (TPSA) is 96.3 Å². The number of hydrogen-bond donors (Lipinski definition) is 2. The van der Waals surface area contributed by atoms with Crippen LogP contribution in [0.2, 0.25) is 0 Å². The summed E-state index contributed by atoms with van der Waals surface area (Å²) in [4.78, 5) is 8.72. The molecular formula is C23H28N4O2. The van der Waals surface area contributed by atoms with E-state index in [1.54, 1.807) is 14.2 Å². The van der Waals surface area contributed by atoms with Gasteiger partial charge in [-0.25, -0.2) is 4.98 Å². The van der Waals surface area contributed by atoms with Crippen LogP contribution in [-0.4, -0.2) is 24.2 Å². The summed E-state index contributed by atoms with van der Waals surface area (Å²) in [6.07, 6.45) is 1.22. The Morgan fingerprint density at radius 2 is 1.55 bits per heavy atom. The SMILES string of the molecule is COc1cc(Cc2c(N)nc(N)nc2Cc2ccccc2)c(C(C)C)cc1OC. The maximum absolute atomic E-state index is 6.29. The Kier molecular flexibility index (Phi) is 6.22. The second-order valence-electron chi connectivity index (χ2n) is 7.29. The molecule has 0 atom stereocenters. The van der Waals surface area contributed by atoms with Crippen LogP contribution in [0.1, 0.15) is 47.7 Å². The lowest BCUT2D eigenvalue weighted by molar-refractivity contribution is 0.354. The first-order valence-electron chi connectivity index (χ1n) is 9.62. The van der Waals surface area contributed by atoms with Crippen LogP contribution < -0.4 is 20.9 Å². The highest BCUT2D eigenvalue weighted by Gasteiger charge is 2.18. The summed E-state index contributed by atoms with van der Waals surface area (Å²) in [5.74, 6) is 2.30. The second-order valence-corrected chi connectivity index (χ2v) is 7.29. The lowest BCUT2D eigenvalue weighted by Gasteiger charge is -2.19. The minimum absolute atomic E-state index is 0.188. The molecule has 3 aromatic rings. The van der Waals surface area contributed by atoms with E-state index in [1.165, 1.54) is 5.56 Å². The van der Waals surface area contributed by atoms with Crippen molar-refractivity contribution in [3.63, 3.8) is 0 Å². The molecule has 0 saturated carbocycles. The summed E-state index contributed by atoms with van der Waals surface area (Å²) < 4.78 is 11.0. The lowest BCUT2D eigenvalue weighted by Crippen LogP contribution is -2.11. The van der Waals surface area contributed by atoms with Gasteiger partial charge in [0, 0.05) is 18.4 Å². The van der Waals surface area contributed by atoms with Gasteiger partial charge in [0.2, 0.25) is 5.95 Å². The highest BCUT2D eigenvalue weighted by atomic mass is 16.5. The normalized spacial score (nSPS) is 10.9. The monoisotopic (exact) mass is 392 g/mol. The zero-order chi connectivity index (χ0) is 21.0. The maximum Gasteiger partial charge on any atom is 0.222 e. The fourth-order valence-corrected chi connectivity index (χ4v) is 3.52. The quantitative estimate of drug-likeness (QED) is 0.632. The first-order valence-corrected chi connectivity index (χ1v) is 9.62. The van der Waals surface area contributed by atoms with E-state index in [1.807, 2.05) is 30.3 Å². The molecule has 152 valence electrons. The largest absolute Gasteiger partial charge is 0.493 e. The average molecular weight is 393 g/mol. The maximum atomic E-state index is 6.29. The number of nitrogens with zero attached hydrogens (tertiary/aromatic N) is 2. The molecule has 29 heavy (non-hydrogen) atoms. The molecule has 4 N–H and O–H groups in total. The molecule has 6 heteroatoms. The van der Waals surface area contributed by atoms with Gasteiger partial charge in [0.1, 0.15) is 5.82 Å². The molecule has 3 rings (SSSR count). The van der Waals surface area contributed by atoms with Gasteiger partial charge in [-0.2, -0.15) is 4.98 Å². The molecule has 0 fully saturated rings. The van der Waals surface area contributed by atoms with Gasteiger partial charge in [0.15, 0.2) is 11.5 Å². The van der Waals surface area contributed by atoms with Crippen LogP contribution >= 0.6 is 0 Å². The number of ether oxygens (including phenoxy) is 2. The number of aromatic nitrogens is 2. The zero-order valence-electron chi connectivity index (χ0n) is 17.4. The van der Waals surface area contributed by atoms with Crippen LogP contribution in [0.3, 0.4) is 0 Å². The molecule has 0 spiro atoms. The van der Waals surface area contributed by atoms with Gasteiger partial charge in [-0.1, -0.05) is 44.2 Å². The average Bonchev–Trinajstić information content (AvgIpc) is 2.70. The molecule has 0 aliphatic rings. The Hall–Kier alpha value is -3.28. The van der Waals surface area contributed by atoms with Crippen molar-refractivity contribution in [3.05, 3.63) is 70.4 Å². The smallest absolute Gasteiger partial charge is 0.222 e. The van der Waals surface area contributed by atoms with Crippen LogP contribution in [0.15, 0.2) is 42.5 Å². The molecule has 0 radical (unpaired) electrons. The number of nitrogen functional groups attached to an aromatic ring is 2. The second kappa shape index (κ2) is 8.82. The van der Waals surface area contributed by atoms with E-state index in [0.29, 0.717) is 36.1 Å². The third kappa shape index (κ3) is 4.59. The number of hydrogen-bond acceptors (Lipinski definition) is 6. The van der Waals surface area contributed by atoms with Gasteiger partial charge in [-0.05, 0) is 34.7 Å². The number of benzene rings is 2. The van der Waals surface area contributed by atoms with Crippen LogP contribution in [-0.2, 0) is 12.8 Å². The molecule has 0 amide bonds. The van der Waals surface area contributed by atoms with Gasteiger partial charge >= 0.3 is 0 Å². The van der Waals surface area contributed by atoms with Crippen molar-refractivity contribution in [3.8, 4) is 11.5 Å². The third-order valence-corrected chi connectivity index (χ3v) is 4.99. The summed E-state index contributed by atoms with van der Waals surface area (Å²) >= 11 is 0. The minimum atomic E-state index is 0.188. The van der Waals surface area contributed by atoms with Crippen molar-refractivity contribution in [2.75, 3.05) is 25.7 Å². The Labute approximate surface area is 171 Å². The molecular weight excluding hydrogens is 364 g/mol. The summed E-state index contributed by atoms with van der Waals surface area (Å²) in [6.45, 7) is 4.30. The summed E-state index contributed by atoms with van der Waals surface area (Å²) in [5.41, 5.74) is 17.3. The lowest BCUT2D eigenvalue weighted by atomic mass is 9.91. The van der Waals surface area contributed by atoms with Crippen LogP contribution in [0.25, 0.3) is 0 Å². The fourth-order valence-electron chi connectivity index (χ4n) is 3.52. The summed E-state index contributed by atoms with van der Waals surface area (Å²) in [7, 11) is 3.28. The van der Waals surface area contributed by atoms with E-state index in [0.717, 1.165) is 22.4 Å². The Balaban J connectivity index is 2.08. The predicted octanol–water partition coefficient (Wildman–Crippen LogP) is 3.96. The molecule has 6 nitrogen and oxygen atoms in total. The van der Waals surface area contributed by atoms with Crippen LogP contribution in [0.5, 0.6) is 11.5 Å². The van der Waals surface area contributed by atoms with Crippen molar-refractivity contribution in [1.29, 1.82) is 0 Å². The van der Waals surface area contributed by atoms with Crippen LogP contribution in [0, 0.1) is 0 Å². The van der Waals surface area contributed by atoms with E-state index < -0.39 is 0 Å². The fraction of sp³-hybridized carbons (Fsp3) is 0.304. The molecule has 0 aliphatic heterocycles. The summed E-state index contributed by atoms with van der Waals surface area (Å²) in [5, 5.41) is 0. The Morgan fingerprint density at radius 3 is 2.17 bits per heavy atom. The van der Waals surface area contributed by atoms with Crippen LogP contribution in [0.4, 0.5) is 11.8 Å². The van der Waals surface area contributed by atoms with E-state index >= 15 is 0 Å². The number of anilines is 2. The standard InChI is InChI=1S/C23H28N4O2/c1-14(2)17-13-21(29-4)20(28-3)12-16(17)11-18-19(26-23(25)27-22(18)24)10-15-8-6-5-7-9-15/h5-9,12-14H,10-11H2,1-4H3,(H4,24,25,26,27). The molecule has 1 aromatic heterocycles. The molecule has 0 aliphatic carbocycles. The molecule has 1 heterocycles. The van der Waals surface area contributed by atoms with Gasteiger partial charge in [-0.15, -0.1) is 0 Å². The number of rotatable bonds is 7. The number of methoxy groups -OCH3 is 2. The van der Waals surface area contributed by atoms with Gasteiger partial charge in [0.05, 0.1) is 19.9 Å². The minimum Gasteiger partial charge on any atom is -0.493 e. The van der Waals surface area contributed by atoms with Crippen molar-refractivity contribution in [2.24, 2.45) is 0 Å². The first-order chi connectivity index (χ1) is 13.9.